The molecule has 8 nitrogen and oxygen atoms in total. The van der Waals surface area contributed by atoms with Crippen LogP contribution in [0, 0.1) is 13.8 Å². The smallest absolute Gasteiger partial charge is 0.182 e. The monoisotopic (exact) mass is 461 g/mol. The van der Waals surface area contributed by atoms with Gasteiger partial charge in [-0.25, -0.2) is 19.9 Å². The van der Waals surface area contributed by atoms with Crippen LogP contribution in [0.2, 0.25) is 0 Å². The SMILES string of the molecule is COc1ccc(Cn2cnc3c(-n4ccc5c(C)nccc54)nc(-c4cccc(C)n4)nc32)cc1. The Morgan fingerprint density at radius 1 is 0.886 bits per heavy atom. The lowest BCUT2D eigenvalue weighted by molar-refractivity contribution is 0.414. The average molecular weight is 462 g/mol. The molecule has 6 aromatic rings. The molecule has 0 radical (unpaired) electrons. The van der Waals surface area contributed by atoms with Gasteiger partial charge in [-0.1, -0.05) is 18.2 Å². The van der Waals surface area contributed by atoms with Gasteiger partial charge in [0, 0.05) is 29.2 Å². The summed E-state index contributed by atoms with van der Waals surface area (Å²) in [6.07, 6.45) is 5.65. The highest BCUT2D eigenvalue weighted by Crippen LogP contribution is 2.28. The molecule has 6 rings (SSSR count). The van der Waals surface area contributed by atoms with Crippen LogP contribution < -0.4 is 4.74 Å². The minimum absolute atomic E-state index is 0.556. The molecule has 0 spiro atoms. The molecule has 5 aromatic heterocycles. The van der Waals surface area contributed by atoms with Gasteiger partial charge in [-0.2, -0.15) is 0 Å². The van der Waals surface area contributed by atoms with Crippen molar-refractivity contribution >= 4 is 22.1 Å². The number of aromatic nitrogens is 7. The van der Waals surface area contributed by atoms with E-state index in [-0.39, 0.29) is 0 Å². The van der Waals surface area contributed by atoms with Gasteiger partial charge in [-0.05, 0) is 55.8 Å². The Morgan fingerprint density at radius 3 is 2.54 bits per heavy atom. The normalized spacial score (nSPS) is 11.4. The maximum atomic E-state index is 5.30. The van der Waals surface area contributed by atoms with Crippen LogP contribution in [-0.4, -0.2) is 41.2 Å². The number of imidazole rings is 1. The number of pyridine rings is 2. The van der Waals surface area contributed by atoms with E-state index in [4.69, 9.17) is 19.7 Å². The molecule has 0 aliphatic heterocycles. The first-order valence-corrected chi connectivity index (χ1v) is 11.3. The standard InChI is InChI=1S/C27H23N7O/c1-17-5-4-6-22(30-17)25-31-26-24(29-16-33(26)15-19-7-9-20(35-3)10-8-19)27(32-25)34-14-12-21-18(2)28-13-11-23(21)34/h4-14,16H,15H2,1-3H3. The Hall–Kier alpha value is -4.59. The quantitative estimate of drug-likeness (QED) is 0.363. The lowest BCUT2D eigenvalue weighted by Gasteiger charge is -2.10. The van der Waals surface area contributed by atoms with Crippen LogP contribution in [-0.2, 0) is 6.54 Å². The lowest BCUT2D eigenvalue weighted by atomic mass is 10.2. The van der Waals surface area contributed by atoms with E-state index in [0.29, 0.717) is 18.2 Å². The van der Waals surface area contributed by atoms with Crippen molar-refractivity contribution in [3.05, 3.63) is 90.3 Å². The molecule has 0 aliphatic carbocycles. The molecule has 5 heterocycles. The Bertz CT molecular complexity index is 1680. The highest BCUT2D eigenvalue weighted by molar-refractivity contribution is 5.88. The summed E-state index contributed by atoms with van der Waals surface area (Å²) >= 11 is 0. The second-order valence-electron chi connectivity index (χ2n) is 8.44. The fraction of sp³-hybridized carbons (Fsp3) is 0.148. The molecule has 8 heteroatoms. The van der Waals surface area contributed by atoms with Crippen molar-refractivity contribution in [3.8, 4) is 23.1 Å². The zero-order chi connectivity index (χ0) is 23.9. The molecule has 1 aromatic carbocycles. The van der Waals surface area contributed by atoms with Gasteiger partial charge in [0.2, 0.25) is 0 Å². The van der Waals surface area contributed by atoms with Gasteiger partial charge in [0.1, 0.15) is 11.4 Å². The Morgan fingerprint density at radius 2 is 1.74 bits per heavy atom. The van der Waals surface area contributed by atoms with Crippen molar-refractivity contribution in [2.24, 2.45) is 0 Å². The Balaban J connectivity index is 1.56. The second-order valence-corrected chi connectivity index (χ2v) is 8.44. The van der Waals surface area contributed by atoms with E-state index < -0.39 is 0 Å². The van der Waals surface area contributed by atoms with Crippen LogP contribution >= 0.6 is 0 Å². The molecule has 0 saturated heterocycles. The maximum absolute atomic E-state index is 5.30. The van der Waals surface area contributed by atoms with Gasteiger partial charge in [0.05, 0.1) is 25.5 Å². The van der Waals surface area contributed by atoms with E-state index in [1.807, 2.05) is 85.7 Å². The first kappa shape index (κ1) is 21.0. The number of fused-ring (bicyclic) bond motifs is 2. The summed E-state index contributed by atoms with van der Waals surface area (Å²) in [6.45, 7) is 4.59. The van der Waals surface area contributed by atoms with Gasteiger partial charge in [-0.15, -0.1) is 0 Å². The zero-order valence-corrected chi connectivity index (χ0v) is 19.7. The molecule has 35 heavy (non-hydrogen) atoms. The van der Waals surface area contributed by atoms with Crippen molar-refractivity contribution in [2.45, 2.75) is 20.4 Å². The minimum atomic E-state index is 0.556. The van der Waals surface area contributed by atoms with Gasteiger partial charge >= 0.3 is 0 Å². The molecule has 0 amide bonds. The third-order valence-corrected chi connectivity index (χ3v) is 6.12. The van der Waals surface area contributed by atoms with E-state index in [1.54, 1.807) is 7.11 Å². The van der Waals surface area contributed by atoms with E-state index in [0.717, 1.165) is 50.5 Å². The van der Waals surface area contributed by atoms with Gasteiger partial charge in [0.15, 0.2) is 22.8 Å². The number of hydrogen-bond donors (Lipinski definition) is 0. The number of nitrogens with zero attached hydrogens (tertiary/aromatic N) is 7. The fourth-order valence-corrected chi connectivity index (χ4v) is 4.32. The third kappa shape index (κ3) is 3.69. The topological polar surface area (TPSA) is 83.5 Å². The molecule has 0 N–H and O–H groups in total. The van der Waals surface area contributed by atoms with E-state index in [2.05, 4.69) is 20.6 Å². The van der Waals surface area contributed by atoms with Crippen LogP contribution in [0.25, 0.3) is 39.4 Å². The maximum Gasteiger partial charge on any atom is 0.182 e. The number of hydrogen-bond acceptors (Lipinski definition) is 6. The zero-order valence-electron chi connectivity index (χ0n) is 19.7. The summed E-state index contributed by atoms with van der Waals surface area (Å²) in [7, 11) is 1.67. The van der Waals surface area contributed by atoms with Gasteiger partial charge in [0.25, 0.3) is 0 Å². The van der Waals surface area contributed by atoms with Crippen molar-refractivity contribution in [1.29, 1.82) is 0 Å². The van der Waals surface area contributed by atoms with Gasteiger partial charge in [-0.3, -0.25) is 9.55 Å². The van der Waals surface area contributed by atoms with Crippen molar-refractivity contribution in [3.63, 3.8) is 0 Å². The van der Waals surface area contributed by atoms with Crippen LogP contribution in [0.3, 0.4) is 0 Å². The van der Waals surface area contributed by atoms with Crippen LogP contribution in [0.15, 0.2) is 73.3 Å². The minimum Gasteiger partial charge on any atom is -0.497 e. The molecule has 0 unspecified atom stereocenters. The highest BCUT2D eigenvalue weighted by atomic mass is 16.5. The summed E-state index contributed by atoms with van der Waals surface area (Å²) in [5.74, 6) is 2.09. The summed E-state index contributed by atoms with van der Waals surface area (Å²) in [5, 5.41) is 1.08. The van der Waals surface area contributed by atoms with E-state index >= 15 is 0 Å². The number of methoxy groups -OCH3 is 1. The largest absolute Gasteiger partial charge is 0.497 e. The highest BCUT2D eigenvalue weighted by Gasteiger charge is 2.18. The number of benzene rings is 1. The Kier molecular flexibility index (Phi) is 4.99. The van der Waals surface area contributed by atoms with Crippen molar-refractivity contribution in [1.82, 2.24) is 34.1 Å². The summed E-state index contributed by atoms with van der Waals surface area (Å²) in [6, 6.07) is 17.9. The van der Waals surface area contributed by atoms with Crippen molar-refractivity contribution in [2.75, 3.05) is 7.11 Å². The second kappa shape index (κ2) is 8.32. The molecular formula is C27H23N7O. The first-order valence-electron chi connectivity index (χ1n) is 11.3. The summed E-state index contributed by atoms with van der Waals surface area (Å²) in [5.41, 5.74) is 6.21. The van der Waals surface area contributed by atoms with Crippen LogP contribution in [0.5, 0.6) is 5.75 Å². The molecule has 0 fully saturated rings. The number of ether oxygens (including phenoxy) is 1. The molecule has 172 valence electrons. The van der Waals surface area contributed by atoms with E-state index in [1.165, 1.54) is 0 Å². The van der Waals surface area contributed by atoms with Gasteiger partial charge < -0.3 is 9.30 Å². The Labute approximate surface area is 201 Å². The summed E-state index contributed by atoms with van der Waals surface area (Å²) < 4.78 is 9.39. The van der Waals surface area contributed by atoms with Crippen molar-refractivity contribution < 1.29 is 4.74 Å². The molecular weight excluding hydrogens is 438 g/mol. The molecule has 0 aliphatic rings. The molecule has 0 bridgehead atoms. The van der Waals surface area contributed by atoms with E-state index in [9.17, 15) is 0 Å². The average Bonchev–Trinajstić information content (AvgIpc) is 3.49. The number of aryl methyl sites for hydroxylation is 2. The molecule has 0 atom stereocenters. The predicted octanol–water partition coefficient (Wildman–Crippen LogP) is 4.90. The number of rotatable bonds is 5. The summed E-state index contributed by atoms with van der Waals surface area (Å²) in [4.78, 5) is 23.7. The fourth-order valence-electron chi connectivity index (χ4n) is 4.32. The van der Waals surface area contributed by atoms with Crippen LogP contribution in [0.1, 0.15) is 17.0 Å². The van der Waals surface area contributed by atoms with Crippen LogP contribution in [0.4, 0.5) is 0 Å². The molecule has 0 saturated carbocycles. The first-order chi connectivity index (χ1) is 17.1. The lowest BCUT2D eigenvalue weighted by Crippen LogP contribution is -2.05. The third-order valence-electron chi connectivity index (χ3n) is 6.12. The predicted molar refractivity (Wildman–Crippen MR) is 135 cm³/mol.